The second kappa shape index (κ2) is 8.09. The highest BCUT2D eigenvalue weighted by Gasteiger charge is 2.24. The van der Waals surface area contributed by atoms with Crippen LogP contribution in [0, 0.1) is 25.6 Å². The summed E-state index contributed by atoms with van der Waals surface area (Å²) in [7, 11) is 0. The topological polar surface area (TPSA) is 81.4 Å². The molecule has 6 nitrogen and oxygen atoms in total. The van der Waals surface area contributed by atoms with E-state index in [0.29, 0.717) is 5.56 Å². The van der Waals surface area contributed by atoms with Gasteiger partial charge in [-0.25, -0.2) is 14.2 Å². The fourth-order valence-electron chi connectivity index (χ4n) is 3.31. The lowest BCUT2D eigenvalue weighted by molar-refractivity contribution is 0.0508. The Morgan fingerprint density at radius 2 is 1.90 bits per heavy atom. The zero-order valence-corrected chi connectivity index (χ0v) is 18.2. The molecule has 0 spiro atoms. The number of hydrogen-bond donors (Lipinski definition) is 1. The molecule has 2 heterocycles. The molecule has 8 heteroatoms. The summed E-state index contributed by atoms with van der Waals surface area (Å²) in [5, 5.41) is 2.95. The first-order valence-electron chi connectivity index (χ1n) is 9.77. The molecule has 1 amide bonds. The molecular weight excluding hydrogens is 406 g/mol. The van der Waals surface area contributed by atoms with Crippen LogP contribution in [0.15, 0.2) is 33.6 Å². The van der Waals surface area contributed by atoms with Gasteiger partial charge in [-0.15, -0.1) is 0 Å². The molecular formula is C23H24F2N2O4. The van der Waals surface area contributed by atoms with Gasteiger partial charge in [0.05, 0.1) is 11.4 Å². The summed E-state index contributed by atoms with van der Waals surface area (Å²) in [4.78, 5) is 28.7. The van der Waals surface area contributed by atoms with Crippen molar-refractivity contribution in [2.45, 2.75) is 53.2 Å². The average Bonchev–Trinajstić information content (AvgIpc) is 2.63. The van der Waals surface area contributed by atoms with Gasteiger partial charge in [0.2, 0.25) is 5.95 Å². The summed E-state index contributed by atoms with van der Waals surface area (Å²) in [6, 6.07) is 3.75. The summed E-state index contributed by atoms with van der Waals surface area (Å²) in [5.41, 5.74) is -0.205. The van der Waals surface area contributed by atoms with Gasteiger partial charge < -0.3 is 14.5 Å². The van der Waals surface area contributed by atoms with Gasteiger partial charge in [-0.1, -0.05) is 6.07 Å². The van der Waals surface area contributed by atoms with E-state index >= 15 is 0 Å². The van der Waals surface area contributed by atoms with E-state index in [1.165, 1.54) is 6.92 Å². The standard InChI is InChI=1S/C23H24F2N2O4/c1-11-9-14(13(3)27-22(29)31-23(4,5)6)20-15(10-11)18(28)12(2)19(30-20)17-16(24)7-8-26-21(17)25/h7-10,13H,1-6H3,(H,27,29). The van der Waals surface area contributed by atoms with E-state index in [2.05, 4.69) is 10.3 Å². The van der Waals surface area contributed by atoms with Gasteiger partial charge in [0, 0.05) is 17.3 Å². The minimum atomic E-state index is -1.08. The van der Waals surface area contributed by atoms with Crippen LogP contribution in [0.2, 0.25) is 0 Å². The first-order valence-corrected chi connectivity index (χ1v) is 9.77. The maximum Gasteiger partial charge on any atom is 0.408 e. The van der Waals surface area contributed by atoms with Gasteiger partial charge in [0.15, 0.2) is 5.43 Å². The molecule has 0 aliphatic carbocycles. The monoisotopic (exact) mass is 430 g/mol. The van der Waals surface area contributed by atoms with E-state index in [0.717, 1.165) is 17.8 Å². The van der Waals surface area contributed by atoms with Gasteiger partial charge in [0.1, 0.15) is 28.3 Å². The van der Waals surface area contributed by atoms with Gasteiger partial charge in [-0.2, -0.15) is 4.39 Å². The van der Waals surface area contributed by atoms with Crippen LogP contribution in [0.25, 0.3) is 22.3 Å². The summed E-state index contributed by atoms with van der Waals surface area (Å²) in [5.74, 6) is -2.22. The van der Waals surface area contributed by atoms with Gasteiger partial charge >= 0.3 is 6.09 Å². The fourth-order valence-corrected chi connectivity index (χ4v) is 3.31. The third-order valence-corrected chi connectivity index (χ3v) is 4.67. The minimum Gasteiger partial charge on any atom is -0.455 e. The number of nitrogens with zero attached hydrogens (tertiary/aromatic N) is 1. The van der Waals surface area contributed by atoms with Crippen LogP contribution in [0.4, 0.5) is 13.6 Å². The van der Waals surface area contributed by atoms with Gasteiger partial charge in [-0.05, 0) is 59.2 Å². The molecule has 3 aromatic rings. The highest BCUT2D eigenvalue weighted by Crippen LogP contribution is 2.32. The summed E-state index contributed by atoms with van der Waals surface area (Å²) < 4.78 is 39.9. The number of aromatic nitrogens is 1. The number of pyridine rings is 1. The number of nitrogens with one attached hydrogen (secondary N) is 1. The minimum absolute atomic E-state index is 0.0580. The van der Waals surface area contributed by atoms with E-state index < -0.39 is 40.5 Å². The molecule has 0 fully saturated rings. The van der Waals surface area contributed by atoms with E-state index in [4.69, 9.17) is 9.15 Å². The zero-order valence-electron chi connectivity index (χ0n) is 18.2. The molecule has 31 heavy (non-hydrogen) atoms. The molecule has 0 bridgehead atoms. The summed E-state index contributed by atoms with van der Waals surface area (Å²) in [6.45, 7) is 10.2. The Morgan fingerprint density at radius 1 is 1.23 bits per heavy atom. The predicted octanol–water partition coefficient (Wildman–Crippen LogP) is 5.34. The quantitative estimate of drug-likeness (QED) is 0.568. The molecule has 0 aliphatic heterocycles. The number of amides is 1. The van der Waals surface area contributed by atoms with Crippen molar-refractivity contribution in [2.75, 3.05) is 0 Å². The van der Waals surface area contributed by atoms with Crippen molar-refractivity contribution in [3.05, 3.63) is 63.1 Å². The molecule has 164 valence electrons. The number of carbonyl (C=O) groups excluding carboxylic acids is 1. The van der Waals surface area contributed by atoms with E-state index in [-0.39, 0.29) is 22.3 Å². The summed E-state index contributed by atoms with van der Waals surface area (Å²) in [6.07, 6.45) is 0.346. The number of hydrogen-bond acceptors (Lipinski definition) is 5. The number of carbonyl (C=O) groups is 1. The largest absolute Gasteiger partial charge is 0.455 e. The maximum atomic E-state index is 14.4. The van der Waals surface area contributed by atoms with Crippen molar-refractivity contribution < 1.29 is 22.7 Å². The SMILES string of the molecule is Cc1cc(C(C)NC(=O)OC(C)(C)C)c2oc(-c3c(F)ccnc3F)c(C)c(=O)c2c1. The number of ether oxygens (including phenoxy) is 1. The zero-order chi connectivity index (χ0) is 23.1. The Balaban J connectivity index is 2.21. The second-order valence-electron chi connectivity index (χ2n) is 8.44. The third-order valence-electron chi connectivity index (χ3n) is 4.67. The average molecular weight is 430 g/mol. The number of benzene rings is 1. The molecule has 2 aromatic heterocycles. The van der Waals surface area contributed by atoms with E-state index in [1.54, 1.807) is 46.8 Å². The Hall–Kier alpha value is -3.29. The third kappa shape index (κ3) is 4.57. The number of aryl methyl sites for hydroxylation is 1. The number of fused-ring (bicyclic) bond motifs is 1. The fraction of sp³-hybridized carbons (Fsp3) is 0.348. The molecule has 0 saturated carbocycles. The van der Waals surface area contributed by atoms with Crippen molar-refractivity contribution in [2.24, 2.45) is 0 Å². The molecule has 3 rings (SSSR count). The van der Waals surface area contributed by atoms with Gasteiger partial charge in [-0.3, -0.25) is 4.79 Å². The van der Waals surface area contributed by atoms with Crippen molar-refractivity contribution in [1.82, 2.24) is 10.3 Å². The Labute approximate surface area is 178 Å². The molecule has 0 saturated heterocycles. The van der Waals surface area contributed by atoms with Crippen molar-refractivity contribution in [1.29, 1.82) is 0 Å². The van der Waals surface area contributed by atoms with Crippen molar-refractivity contribution >= 4 is 17.1 Å². The highest BCUT2D eigenvalue weighted by atomic mass is 19.1. The van der Waals surface area contributed by atoms with Crippen LogP contribution in [-0.4, -0.2) is 16.7 Å². The van der Waals surface area contributed by atoms with Crippen LogP contribution < -0.4 is 10.7 Å². The first-order chi connectivity index (χ1) is 14.4. The van der Waals surface area contributed by atoms with Crippen LogP contribution in [0.3, 0.4) is 0 Å². The molecule has 1 aromatic carbocycles. The van der Waals surface area contributed by atoms with Crippen molar-refractivity contribution in [3.63, 3.8) is 0 Å². The maximum absolute atomic E-state index is 14.4. The van der Waals surface area contributed by atoms with Gasteiger partial charge in [0.25, 0.3) is 0 Å². The Kier molecular flexibility index (Phi) is 5.85. The van der Waals surface area contributed by atoms with E-state index in [1.807, 2.05) is 0 Å². The molecule has 1 N–H and O–H groups in total. The molecule has 1 atom stereocenters. The highest BCUT2D eigenvalue weighted by molar-refractivity contribution is 5.84. The smallest absolute Gasteiger partial charge is 0.408 e. The van der Waals surface area contributed by atoms with Crippen molar-refractivity contribution in [3.8, 4) is 11.3 Å². The number of halogens is 2. The first kappa shape index (κ1) is 22.4. The number of alkyl carbamates (subject to hydrolysis) is 1. The number of rotatable bonds is 3. The Morgan fingerprint density at radius 3 is 2.52 bits per heavy atom. The van der Waals surface area contributed by atoms with Crippen LogP contribution in [-0.2, 0) is 4.74 Å². The predicted molar refractivity (Wildman–Crippen MR) is 113 cm³/mol. The normalized spacial score (nSPS) is 12.6. The van der Waals surface area contributed by atoms with E-state index in [9.17, 15) is 18.4 Å². The lowest BCUT2D eigenvalue weighted by Crippen LogP contribution is -2.34. The van der Waals surface area contributed by atoms with Crippen LogP contribution in [0.5, 0.6) is 0 Å². The molecule has 0 radical (unpaired) electrons. The van der Waals surface area contributed by atoms with Crippen LogP contribution >= 0.6 is 0 Å². The lowest BCUT2D eigenvalue weighted by atomic mass is 9.99. The molecule has 0 aliphatic rings. The van der Waals surface area contributed by atoms with Crippen LogP contribution in [0.1, 0.15) is 50.4 Å². The summed E-state index contributed by atoms with van der Waals surface area (Å²) >= 11 is 0. The Bertz CT molecular complexity index is 1210. The second-order valence-corrected chi connectivity index (χ2v) is 8.44. The lowest BCUT2D eigenvalue weighted by Gasteiger charge is -2.22. The molecule has 1 unspecified atom stereocenters.